The van der Waals surface area contributed by atoms with E-state index in [1.165, 1.54) is 64.1 Å². The Morgan fingerprint density at radius 3 is 2.32 bits per heavy atom. The summed E-state index contributed by atoms with van der Waals surface area (Å²) in [6.45, 7) is 17.9. The van der Waals surface area contributed by atoms with Gasteiger partial charge in [0.15, 0.2) is 0 Å². The third-order valence-electron chi connectivity index (χ3n) is 6.12. The zero-order valence-electron chi connectivity index (χ0n) is 18.9. The molecular weight excluding hydrogens is 340 g/mol. The number of nitrogens with zero attached hydrogens (tertiary/aromatic N) is 2. The van der Waals surface area contributed by atoms with Gasteiger partial charge >= 0.3 is 0 Å². The first-order valence-corrected chi connectivity index (χ1v) is 10.8. The Bertz CT molecular complexity index is 857. The number of benzene rings is 1. The van der Waals surface area contributed by atoms with Gasteiger partial charge in [-0.15, -0.1) is 0 Å². The van der Waals surface area contributed by atoms with Crippen LogP contribution in [0.15, 0.2) is 46.7 Å². The molecule has 2 heteroatoms. The average Bonchev–Trinajstić information content (AvgIpc) is 3.01. The highest BCUT2D eigenvalue weighted by molar-refractivity contribution is 5.61. The Kier molecular flexibility index (Phi) is 6.27. The topological polar surface area (TPSA) is 6.25 Å². The minimum atomic E-state index is 0.519. The Balaban J connectivity index is 2.02. The Morgan fingerprint density at radius 1 is 1.00 bits per heavy atom. The molecule has 1 atom stereocenters. The van der Waals surface area contributed by atoms with Gasteiger partial charge in [0, 0.05) is 5.92 Å². The molecule has 0 N–H and O–H groups in total. The highest BCUT2D eigenvalue weighted by atomic mass is 15.3. The number of hydrogen-bond acceptors (Lipinski definition) is 1. The summed E-state index contributed by atoms with van der Waals surface area (Å²) in [7, 11) is 0. The molecule has 0 saturated carbocycles. The van der Waals surface area contributed by atoms with E-state index in [4.69, 9.17) is 0 Å². The van der Waals surface area contributed by atoms with Crippen LogP contribution >= 0.6 is 0 Å². The summed E-state index contributed by atoms with van der Waals surface area (Å²) in [6, 6.07) is 4.61. The molecule has 3 rings (SSSR count). The van der Waals surface area contributed by atoms with Crippen LogP contribution in [0.5, 0.6) is 0 Å². The van der Waals surface area contributed by atoms with E-state index in [-0.39, 0.29) is 0 Å². The van der Waals surface area contributed by atoms with Gasteiger partial charge in [0.05, 0.1) is 0 Å². The fourth-order valence-electron chi connectivity index (χ4n) is 5.08. The van der Waals surface area contributed by atoms with Crippen molar-refractivity contribution in [2.75, 3.05) is 13.1 Å². The molecule has 2 aliphatic rings. The van der Waals surface area contributed by atoms with Crippen LogP contribution in [0.2, 0.25) is 0 Å². The first-order chi connectivity index (χ1) is 13.3. The lowest BCUT2D eigenvalue weighted by Crippen LogP contribution is -2.26. The van der Waals surface area contributed by atoms with E-state index in [0.29, 0.717) is 5.92 Å². The number of allylic oxidation sites excluding steroid dienone is 5. The predicted octanol–water partition coefficient (Wildman–Crippen LogP) is 6.59. The summed E-state index contributed by atoms with van der Waals surface area (Å²) < 4.78 is 2.46. The number of unbranched alkanes of at least 4 members (excludes halogenated alkanes) is 1. The molecule has 28 heavy (non-hydrogen) atoms. The van der Waals surface area contributed by atoms with Gasteiger partial charge in [0.25, 0.3) is 0 Å². The van der Waals surface area contributed by atoms with Crippen LogP contribution in [0.3, 0.4) is 0 Å². The third kappa shape index (κ3) is 4.16. The summed E-state index contributed by atoms with van der Waals surface area (Å²) >= 11 is 0. The zero-order valence-corrected chi connectivity index (χ0v) is 18.9. The Morgan fingerprint density at radius 2 is 1.68 bits per heavy atom. The number of aryl methyl sites for hydroxylation is 3. The van der Waals surface area contributed by atoms with Crippen LogP contribution in [0, 0.1) is 26.7 Å². The normalized spacial score (nSPS) is 20.2. The van der Waals surface area contributed by atoms with E-state index < -0.39 is 0 Å². The van der Waals surface area contributed by atoms with Crippen LogP contribution < -0.4 is 0 Å². The van der Waals surface area contributed by atoms with Gasteiger partial charge in [-0.05, 0) is 64.7 Å². The fraction of sp³-hybridized carbons (Fsp3) is 0.500. The molecular formula is C26H37N2+. The summed E-state index contributed by atoms with van der Waals surface area (Å²) in [5.74, 6) is 0.519. The minimum Gasteiger partial charge on any atom is -0.233 e. The van der Waals surface area contributed by atoms with E-state index in [1.54, 1.807) is 0 Å². The molecule has 0 amide bonds. The van der Waals surface area contributed by atoms with Gasteiger partial charge in [0.1, 0.15) is 24.5 Å². The molecule has 0 saturated heterocycles. The molecule has 1 aromatic carbocycles. The first-order valence-electron chi connectivity index (χ1n) is 10.8. The molecule has 1 unspecified atom stereocenters. The number of hydrogen-bond donors (Lipinski definition) is 0. The van der Waals surface area contributed by atoms with E-state index in [2.05, 4.69) is 88.6 Å². The second-order valence-corrected chi connectivity index (χ2v) is 8.79. The summed E-state index contributed by atoms with van der Waals surface area (Å²) in [6.07, 6.45) is 10.9. The molecule has 0 aromatic heterocycles. The number of rotatable bonds is 5. The average molecular weight is 378 g/mol. The van der Waals surface area contributed by atoms with Crippen LogP contribution in [-0.4, -0.2) is 28.9 Å². The van der Waals surface area contributed by atoms with Crippen molar-refractivity contribution < 1.29 is 4.58 Å². The largest absolute Gasteiger partial charge is 0.244 e. The quantitative estimate of drug-likeness (QED) is 0.525. The highest BCUT2D eigenvalue weighted by Gasteiger charge is 2.33. The van der Waals surface area contributed by atoms with Gasteiger partial charge in [0.2, 0.25) is 6.34 Å². The van der Waals surface area contributed by atoms with Crippen molar-refractivity contribution in [2.24, 2.45) is 5.92 Å². The molecule has 1 aromatic rings. The third-order valence-corrected chi connectivity index (χ3v) is 6.12. The second-order valence-electron chi connectivity index (χ2n) is 8.79. The van der Waals surface area contributed by atoms with Crippen LogP contribution in [0.4, 0.5) is 5.69 Å². The summed E-state index contributed by atoms with van der Waals surface area (Å²) in [5, 5.41) is 0. The van der Waals surface area contributed by atoms with E-state index >= 15 is 0 Å². The molecule has 0 bridgehead atoms. The van der Waals surface area contributed by atoms with E-state index in [0.717, 1.165) is 13.1 Å². The lowest BCUT2D eigenvalue weighted by molar-refractivity contribution is -0.425. The molecule has 0 fully saturated rings. The molecule has 1 heterocycles. The fourth-order valence-corrected chi connectivity index (χ4v) is 5.08. The van der Waals surface area contributed by atoms with Gasteiger partial charge in [-0.1, -0.05) is 60.8 Å². The highest BCUT2D eigenvalue weighted by Crippen LogP contribution is 2.35. The van der Waals surface area contributed by atoms with Crippen molar-refractivity contribution in [2.45, 2.75) is 67.7 Å². The lowest BCUT2D eigenvalue weighted by Gasteiger charge is -2.23. The molecule has 1 aliphatic heterocycles. The molecule has 0 spiro atoms. The van der Waals surface area contributed by atoms with Crippen molar-refractivity contribution in [1.29, 1.82) is 0 Å². The Hall–Kier alpha value is -2.09. The summed E-state index contributed by atoms with van der Waals surface area (Å²) in [4.78, 5) is 2.53. The van der Waals surface area contributed by atoms with E-state index in [1.807, 2.05) is 0 Å². The smallest absolute Gasteiger partial charge is 0.233 e. The molecule has 2 nitrogen and oxygen atoms in total. The van der Waals surface area contributed by atoms with Crippen LogP contribution in [0.1, 0.15) is 63.6 Å². The SMILES string of the molecule is CCCCC1C(C)=CC(C)=CC(C)=C1N1C=[N+](c2c(C)cc(C)cc2C)CC1. The lowest BCUT2D eigenvalue weighted by atomic mass is 9.89. The van der Waals surface area contributed by atoms with Crippen molar-refractivity contribution in [3.05, 3.63) is 63.4 Å². The first kappa shape index (κ1) is 20.6. The summed E-state index contributed by atoms with van der Waals surface area (Å²) in [5.41, 5.74) is 11.3. The monoisotopic (exact) mass is 377 g/mol. The van der Waals surface area contributed by atoms with Gasteiger partial charge in [-0.3, -0.25) is 0 Å². The van der Waals surface area contributed by atoms with Gasteiger partial charge < -0.3 is 0 Å². The molecule has 1 aliphatic carbocycles. The van der Waals surface area contributed by atoms with Gasteiger partial charge in [-0.2, -0.15) is 0 Å². The zero-order chi connectivity index (χ0) is 20.4. The Labute approximate surface area is 172 Å². The second kappa shape index (κ2) is 8.51. The van der Waals surface area contributed by atoms with Crippen molar-refractivity contribution in [3.8, 4) is 0 Å². The van der Waals surface area contributed by atoms with Crippen molar-refractivity contribution in [1.82, 2.24) is 4.90 Å². The maximum atomic E-state index is 2.53. The maximum absolute atomic E-state index is 2.53. The predicted molar refractivity (Wildman–Crippen MR) is 121 cm³/mol. The van der Waals surface area contributed by atoms with Gasteiger partial charge in [-0.25, -0.2) is 9.48 Å². The standard InChI is InChI=1S/C26H37N2/c1-8-9-10-24-20(4)13-18(2)16-23(7)26(24)28-12-11-27(17-28)25-21(5)14-19(3)15-22(25)6/h13-17,24H,8-12H2,1-7H3/q+1. The van der Waals surface area contributed by atoms with Crippen LogP contribution in [-0.2, 0) is 0 Å². The van der Waals surface area contributed by atoms with Crippen LogP contribution in [0.25, 0.3) is 0 Å². The van der Waals surface area contributed by atoms with Crippen molar-refractivity contribution in [3.63, 3.8) is 0 Å². The minimum absolute atomic E-state index is 0.519. The molecule has 150 valence electrons. The van der Waals surface area contributed by atoms with E-state index in [9.17, 15) is 0 Å². The maximum Gasteiger partial charge on any atom is 0.244 e. The molecule has 0 radical (unpaired) electrons. The van der Waals surface area contributed by atoms with Crippen molar-refractivity contribution >= 4 is 12.0 Å².